The molecule has 0 bridgehead atoms. The molecular weight excluding hydrogens is 266 g/mol. The molecule has 2 aromatic rings. The maximum absolute atomic E-state index is 10.8. The summed E-state index contributed by atoms with van der Waals surface area (Å²) < 4.78 is 0. The van der Waals surface area contributed by atoms with Crippen LogP contribution in [0.1, 0.15) is 55.9 Å². The normalized spacial score (nSPS) is 13.6. The van der Waals surface area contributed by atoms with E-state index in [9.17, 15) is 4.79 Å². The molecule has 2 heterocycles. The van der Waals surface area contributed by atoms with Crippen LogP contribution in [0.4, 0.5) is 0 Å². The van der Waals surface area contributed by atoms with E-state index >= 15 is 0 Å². The van der Waals surface area contributed by atoms with Crippen LogP contribution in [0.15, 0.2) is 18.2 Å². The number of pyridine rings is 1. The number of aryl methyl sites for hydroxylation is 1. The lowest BCUT2D eigenvalue weighted by Crippen LogP contribution is -2.20. The van der Waals surface area contributed by atoms with Gasteiger partial charge in [-0.25, -0.2) is 4.98 Å². The lowest BCUT2D eigenvalue weighted by molar-refractivity contribution is 0.112. The molecule has 0 spiro atoms. The van der Waals surface area contributed by atoms with Crippen LogP contribution in [0.25, 0.3) is 10.2 Å². The standard InChI is InChI=1S/C17H23NOS/c1-5-13(17(2,3)4)7-9-14-8-6-12-10-15(11-19)20-16(12)18-14/h6,8,10-11,13H,5,7,9H2,1-4H3. The Kier molecular flexibility index (Phi) is 4.59. The highest BCUT2D eigenvalue weighted by atomic mass is 32.1. The van der Waals surface area contributed by atoms with Crippen molar-refractivity contribution in [2.24, 2.45) is 11.3 Å². The fraction of sp³-hybridized carbons (Fsp3) is 0.529. The third-order valence-corrected chi connectivity index (χ3v) is 5.01. The van der Waals surface area contributed by atoms with E-state index in [0.29, 0.717) is 11.3 Å². The molecule has 0 saturated heterocycles. The number of hydrogen-bond acceptors (Lipinski definition) is 3. The number of thiophene rings is 1. The molecule has 0 amide bonds. The summed E-state index contributed by atoms with van der Waals surface area (Å²) >= 11 is 1.48. The Morgan fingerprint density at radius 3 is 2.70 bits per heavy atom. The first-order valence-corrected chi connectivity index (χ1v) is 8.10. The Hall–Kier alpha value is -1.22. The fourth-order valence-electron chi connectivity index (χ4n) is 2.74. The van der Waals surface area contributed by atoms with Gasteiger partial charge in [-0.3, -0.25) is 4.79 Å². The predicted molar refractivity (Wildman–Crippen MR) is 86.6 cm³/mol. The SMILES string of the molecule is CCC(CCc1ccc2cc(C=O)sc2n1)C(C)(C)C. The van der Waals surface area contributed by atoms with Gasteiger partial charge in [-0.05, 0) is 36.3 Å². The number of fused-ring (bicyclic) bond motifs is 1. The Morgan fingerprint density at radius 1 is 1.35 bits per heavy atom. The Balaban J connectivity index is 2.11. The number of aromatic nitrogens is 1. The molecule has 0 saturated carbocycles. The van der Waals surface area contributed by atoms with E-state index in [2.05, 4.69) is 39.8 Å². The van der Waals surface area contributed by atoms with Crippen LogP contribution in [0.5, 0.6) is 0 Å². The lowest BCUT2D eigenvalue weighted by atomic mass is 9.76. The van der Waals surface area contributed by atoms with Crippen molar-refractivity contribution >= 4 is 27.8 Å². The number of carbonyl (C=O) groups excluding carboxylic acids is 1. The molecule has 0 aliphatic rings. The van der Waals surface area contributed by atoms with Gasteiger partial charge in [0.05, 0.1) is 4.88 Å². The molecule has 2 aromatic heterocycles. The van der Waals surface area contributed by atoms with Crippen LogP contribution in [-0.4, -0.2) is 11.3 Å². The van der Waals surface area contributed by atoms with Crippen molar-refractivity contribution in [3.8, 4) is 0 Å². The van der Waals surface area contributed by atoms with Crippen LogP contribution in [0.3, 0.4) is 0 Å². The second-order valence-electron chi connectivity index (χ2n) is 6.47. The van der Waals surface area contributed by atoms with Gasteiger partial charge in [-0.15, -0.1) is 11.3 Å². The topological polar surface area (TPSA) is 30.0 Å². The van der Waals surface area contributed by atoms with E-state index in [0.717, 1.165) is 33.5 Å². The second kappa shape index (κ2) is 6.04. The van der Waals surface area contributed by atoms with E-state index < -0.39 is 0 Å². The van der Waals surface area contributed by atoms with Gasteiger partial charge >= 0.3 is 0 Å². The van der Waals surface area contributed by atoms with Crippen molar-refractivity contribution < 1.29 is 4.79 Å². The Labute approximate surface area is 125 Å². The van der Waals surface area contributed by atoms with Gasteiger partial charge < -0.3 is 0 Å². The molecule has 108 valence electrons. The summed E-state index contributed by atoms with van der Waals surface area (Å²) in [4.78, 5) is 17.2. The van der Waals surface area contributed by atoms with E-state index in [1.165, 1.54) is 24.2 Å². The molecule has 2 nitrogen and oxygen atoms in total. The zero-order chi connectivity index (χ0) is 14.8. The van der Waals surface area contributed by atoms with Crippen LogP contribution >= 0.6 is 11.3 Å². The summed E-state index contributed by atoms with van der Waals surface area (Å²) in [7, 11) is 0. The molecule has 1 unspecified atom stereocenters. The number of carbonyl (C=O) groups is 1. The highest BCUT2D eigenvalue weighted by Gasteiger charge is 2.22. The monoisotopic (exact) mass is 289 g/mol. The van der Waals surface area contributed by atoms with Gasteiger partial charge in [0.2, 0.25) is 0 Å². The van der Waals surface area contributed by atoms with Crippen LogP contribution in [0, 0.1) is 11.3 Å². The first-order chi connectivity index (χ1) is 9.44. The lowest BCUT2D eigenvalue weighted by Gasteiger charge is -2.29. The highest BCUT2D eigenvalue weighted by Crippen LogP contribution is 2.32. The zero-order valence-corrected chi connectivity index (χ0v) is 13.6. The highest BCUT2D eigenvalue weighted by molar-refractivity contribution is 7.20. The Bertz CT molecular complexity index is 595. The van der Waals surface area contributed by atoms with Crippen molar-refractivity contribution in [2.45, 2.75) is 47.0 Å². The number of nitrogens with zero attached hydrogens (tertiary/aromatic N) is 1. The maximum Gasteiger partial charge on any atom is 0.160 e. The molecule has 20 heavy (non-hydrogen) atoms. The summed E-state index contributed by atoms with van der Waals surface area (Å²) in [6.45, 7) is 9.20. The minimum Gasteiger partial charge on any atom is -0.297 e. The van der Waals surface area contributed by atoms with Gasteiger partial charge in [0, 0.05) is 11.1 Å². The quantitative estimate of drug-likeness (QED) is 0.716. The van der Waals surface area contributed by atoms with Crippen molar-refractivity contribution in [3.05, 3.63) is 28.8 Å². The smallest absolute Gasteiger partial charge is 0.160 e. The molecule has 0 radical (unpaired) electrons. The second-order valence-corrected chi connectivity index (χ2v) is 7.54. The minimum absolute atomic E-state index is 0.354. The average Bonchev–Trinajstić information content (AvgIpc) is 2.80. The molecular formula is C17H23NOS. The third-order valence-electron chi connectivity index (χ3n) is 4.04. The predicted octanol–water partition coefficient (Wildman–Crippen LogP) is 5.11. The summed E-state index contributed by atoms with van der Waals surface area (Å²) in [6.07, 6.45) is 4.29. The molecule has 0 aromatic carbocycles. The first-order valence-electron chi connectivity index (χ1n) is 7.28. The molecule has 1 atom stereocenters. The third kappa shape index (κ3) is 3.45. The summed E-state index contributed by atoms with van der Waals surface area (Å²) in [5, 5.41) is 1.07. The molecule has 0 aliphatic heterocycles. The van der Waals surface area contributed by atoms with Crippen LogP contribution in [0.2, 0.25) is 0 Å². The van der Waals surface area contributed by atoms with Gasteiger partial charge in [0.1, 0.15) is 4.83 Å². The van der Waals surface area contributed by atoms with Gasteiger partial charge in [-0.1, -0.05) is 40.2 Å². The average molecular weight is 289 g/mol. The van der Waals surface area contributed by atoms with E-state index in [1.807, 2.05) is 6.07 Å². The van der Waals surface area contributed by atoms with Gasteiger partial charge in [0.25, 0.3) is 0 Å². The van der Waals surface area contributed by atoms with Crippen molar-refractivity contribution in [1.29, 1.82) is 0 Å². The summed E-state index contributed by atoms with van der Waals surface area (Å²) in [5.74, 6) is 0.717. The number of aldehydes is 1. The number of hydrogen-bond donors (Lipinski definition) is 0. The van der Waals surface area contributed by atoms with Crippen LogP contribution in [-0.2, 0) is 6.42 Å². The van der Waals surface area contributed by atoms with Crippen molar-refractivity contribution in [1.82, 2.24) is 4.98 Å². The molecule has 0 N–H and O–H groups in total. The molecule has 0 fully saturated rings. The minimum atomic E-state index is 0.354. The largest absolute Gasteiger partial charge is 0.297 e. The van der Waals surface area contributed by atoms with Gasteiger partial charge in [0.15, 0.2) is 6.29 Å². The molecule has 2 rings (SSSR count). The van der Waals surface area contributed by atoms with Crippen molar-refractivity contribution in [3.63, 3.8) is 0 Å². The maximum atomic E-state index is 10.8. The number of rotatable bonds is 5. The van der Waals surface area contributed by atoms with Gasteiger partial charge in [-0.2, -0.15) is 0 Å². The molecule has 3 heteroatoms. The fourth-order valence-corrected chi connectivity index (χ4v) is 3.61. The van der Waals surface area contributed by atoms with E-state index in [-0.39, 0.29) is 0 Å². The van der Waals surface area contributed by atoms with E-state index in [4.69, 9.17) is 4.98 Å². The first kappa shape index (κ1) is 15.2. The summed E-state index contributed by atoms with van der Waals surface area (Å²) in [6, 6.07) is 6.09. The van der Waals surface area contributed by atoms with Crippen molar-refractivity contribution in [2.75, 3.05) is 0 Å². The van der Waals surface area contributed by atoms with Crippen LogP contribution < -0.4 is 0 Å². The summed E-state index contributed by atoms with van der Waals surface area (Å²) in [5.41, 5.74) is 1.49. The van der Waals surface area contributed by atoms with E-state index in [1.54, 1.807) is 0 Å². The zero-order valence-electron chi connectivity index (χ0n) is 12.8. The molecule has 0 aliphatic carbocycles. The Morgan fingerprint density at radius 2 is 2.10 bits per heavy atom.